The van der Waals surface area contributed by atoms with Crippen molar-refractivity contribution in [3.05, 3.63) is 144 Å². The molecule has 7 aromatic rings. The summed E-state index contributed by atoms with van der Waals surface area (Å²) >= 11 is 2.09. The highest BCUT2D eigenvalue weighted by Gasteiger charge is 2.63. The number of anilines is 4. The fourth-order valence-corrected chi connectivity index (χ4v) is 14.2. The van der Waals surface area contributed by atoms with Crippen molar-refractivity contribution in [3.63, 3.8) is 0 Å². The minimum absolute atomic E-state index is 0.00159. The zero-order valence-corrected chi connectivity index (χ0v) is 39.0. The normalized spacial score (nSPS) is 22.5. The molecule has 0 radical (unpaired) electrons. The molecule has 0 spiro atoms. The van der Waals surface area contributed by atoms with Gasteiger partial charge in [0.15, 0.2) is 0 Å². The van der Waals surface area contributed by atoms with E-state index in [1.165, 1.54) is 126 Å². The van der Waals surface area contributed by atoms with Gasteiger partial charge in [0, 0.05) is 48.3 Å². The lowest BCUT2D eigenvalue weighted by Crippen LogP contribution is -2.70. The molecular weight excluding hydrogens is 768 g/mol. The molecule has 12 rings (SSSR count). The van der Waals surface area contributed by atoms with E-state index in [-0.39, 0.29) is 34.0 Å². The van der Waals surface area contributed by atoms with Crippen molar-refractivity contribution in [1.82, 2.24) is 0 Å². The molecule has 2 atom stereocenters. The van der Waals surface area contributed by atoms with Gasteiger partial charge in [-0.25, -0.2) is 0 Å². The van der Waals surface area contributed by atoms with E-state index in [1.54, 1.807) is 11.1 Å². The molecule has 0 saturated heterocycles. The number of rotatable bonds is 3. The first-order valence-corrected chi connectivity index (χ1v) is 24.2. The molecule has 3 aliphatic heterocycles. The van der Waals surface area contributed by atoms with Crippen molar-refractivity contribution in [2.45, 2.75) is 128 Å². The standard InChI is InChI=1S/C58H59BN2S/c1-54(2,3)39-25-26-47(41(33-39)37-21-14-11-15-22-37)60-48-32-38(36-19-12-10-13-20-36)31-42-40-23-18-24-44-51(40)61(58(9)28-17-16-27-57(44,58)8)59(50(42)48)53-52(60)43-34-45-46(35-49(43)62-53)56(6,7)30-29-55(45,4)5/h10-15,18-26,31-35H,16-17,27-30H2,1-9H3. The van der Waals surface area contributed by atoms with Crippen molar-refractivity contribution in [2.24, 2.45) is 0 Å². The van der Waals surface area contributed by atoms with Crippen LogP contribution in [0.25, 0.3) is 43.5 Å². The van der Waals surface area contributed by atoms with Crippen LogP contribution in [0.4, 0.5) is 22.7 Å². The monoisotopic (exact) mass is 826 g/mol. The Kier molecular flexibility index (Phi) is 7.96. The molecular formula is C58H59BN2S. The number of para-hydroxylation sites is 1. The molecule has 0 amide bonds. The van der Waals surface area contributed by atoms with Gasteiger partial charge in [0.2, 0.25) is 0 Å². The third kappa shape index (κ3) is 5.11. The van der Waals surface area contributed by atoms with Crippen LogP contribution in [0.2, 0.25) is 0 Å². The van der Waals surface area contributed by atoms with Gasteiger partial charge in [-0.1, -0.05) is 153 Å². The van der Waals surface area contributed by atoms with Gasteiger partial charge in [0.1, 0.15) is 0 Å². The van der Waals surface area contributed by atoms with Crippen molar-refractivity contribution in [2.75, 3.05) is 9.71 Å². The molecule has 4 heteroatoms. The molecule has 5 aliphatic rings. The van der Waals surface area contributed by atoms with E-state index in [9.17, 15) is 0 Å². The lowest BCUT2D eigenvalue weighted by molar-refractivity contribution is 0.199. The molecule has 0 bridgehead atoms. The SMILES string of the molecule is CC(C)(C)c1ccc(N2c3cc(-c4ccccc4)cc4c3B(c3sc5cc6c(cc5c32)C(C)(C)CCC6(C)C)N2c3c-4cccc3C3(C)CCCCC23C)c(-c2ccccc2)c1. The fourth-order valence-electron chi connectivity index (χ4n) is 12.9. The van der Waals surface area contributed by atoms with Crippen LogP contribution in [0.15, 0.2) is 121 Å². The highest BCUT2D eigenvalue weighted by Crippen LogP contribution is 2.64. The minimum Gasteiger partial charge on any atom is -0.399 e. The second-order valence-electron chi connectivity index (χ2n) is 22.3. The molecule has 0 N–H and O–H groups in total. The van der Waals surface area contributed by atoms with E-state index in [4.69, 9.17) is 0 Å². The number of nitrogens with zero attached hydrogens (tertiary/aromatic N) is 2. The summed E-state index contributed by atoms with van der Waals surface area (Å²) in [7, 11) is 0. The van der Waals surface area contributed by atoms with Crippen LogP contribution in [-0.2, 0) is 21.7 Å². The summed E-state index contributed by atoms with van der Waals surface area (Å²) in [6, 6.07) is 47.5. The molecule has 6 aromatic carbocycles. The summed E-state index contributed by atoms with van der Waals surface area (Å²) in [5.74, 6) is 0. The van der Waals surface area contributed by atoms with Gasteiger partial charge in [0.25, 0.3) is 0 Å². The van der Waals surface area contributed by atoms with Crippen LogP contribution in [-0.4, -0.2) is 12.4 Å². The number of fused-ring (bicyclic) bond motifs is 10. The van der Waals surface area contributed by atoms with Gasteiger partial charge in [-0.3, -0.25) is 0 Å². The largest absolute Gasteiger partial charge is 0.399 e. The maximum atomic E-state index is 3.00. The smallest absolute Gasteiger partial charge is 0.339 e. The van der Waals surface area contributed by atoms with E-state index in [1.807, 2.05) is 0 Å². The molecule has 1 fully saturated rings. The van der Waals surface area contributed by atoms with Crippen molar-refractivity contribution < 1.29 is 0 Å². The highest BCUT2D eigenvalue weighted by molar-refractivity contribution is 7.32. The summed E-state index contributed by atoms with van der Waals surface area (Å²) in [5, 5.41) is 1.40. The fraction of sp³-hybridized carbons (Fsp3) is 0.345. The van der Waals surface area contributed by atoms with E-state index in [0.29, 0.717) is 0 Å². The maximum absolute atomic E-state index is 3.00. The van der Waals surface area contributed by atoms with Crippen LogP contribution < -0.4 is 20.0 Å². The predicted octanol–water partition coefficient (Wildman–Crippen LogP) is 14.9. The Labute approximate surface area is 374 Å². The van der Waals surface area contributed by atoms with Crippen LogP contribution in [0.3, 0.4) is 0 Å². The van der Waals surface area contributed by atoms with Gasteiger partial charge in [-0.15, -0.1) is 11.3 Å². The second kappa shape index (κ2) is 12.8. The molecule has 1 aromatic heterocycles. The molecule has 62 heavy (non-hydrogen) atoms. The predicted molar refractivity (Wildman–Crippen MR) is 269 cm³/mol. The van der Waals surface area contributed by atoms with Gasteiger partial charge in [-0.05, 0) is 135 Å². The second-order valence-corrected chi connectivity index (χ2v) is 23.4. The molecule has 310 valence electrons. The average Bonchev–Trinajstić information content (AvgIpc) is 3.74. The zero-order chi connectivity index (χ0) is 42.7. The topological polar surface area (TPSA) is 6.48 Å². The summed E-state index contributed by atoms with van der Waals surface area (Å²) in [6.45, 7) is 22.3. The lowest BCUT2D eigenvalue weighted by atomic mass is 9.45. The Hall–Kier alpha value is -5.06. The van der Waals surface area contributed by atoms with Crippen molar-refractivity contribution in [3.8, 4) is 33.4 Å². The molecule has 4 heterocycles. The summed E-state index contributed by atoms with van der Waals surface area (Å²) < 4.78 is 2.92. The first-order valence-electron chi connectivity index (χ1n) is 23.4. The van der Waals surface area contributed by atoms with Gasteiger partial charge in [0.05, 0.1) is 11.4 Å². The first kappa shape index (κ1) is 38.6. The number of thiophene rings is 1. The molecule has 1 saturated carbocycles. The van der Waals surface area contributed by atoms with Crippen LogP contribution in [0.5, 0.6) is 0 Å². The van der Waals surface area contributed by atoms with Crippen molar-refractivity contribution >= 4 is 61.3 Å². The summed E-state index contributed by atoms with van der Waals surface area (Å²) in [6.07, 6.45) is 7.39. The summed E-state index contributed by atoms with van der Waals surface area (Å²) in [5.41, 5.74) is 21.0. The number of hydrogen-bond acceptors (Lipinski definition) is 3. The lowest BCUT2D eigenvalue weighted by Gasteiger charge is -2.54. The Bertz CT molecular complexity index is 3010. The van der Waals surface area contributed by atoms with Gasteiger partial charge in [-0.2, -0.15) is 0 Å². The van der Waals surface area contributed by atoms with E-state index < -0.39 is 0 Å². The zero-order valence-electron chi connectivity index (χ0n) is 38.2. The molecule has 2 aliphatic carbocycles. The molecule has 2 unspecified atom stereocenters. The first-order chi connectivity index (χ1) is 29.6. The van der Waals surface area contributed by atoms with Crippen LogP contribution in [0.1, 0.15) is 123 Å². The Morgan fingerprint density at radius 3 is 1.94 bits per heavy atom. The van der Waals surface area contributed by atoms with Crippen molar-refractivity contribution in [1.29, 1.82) is 0 Å². The summed E-state index contributed by atoms with van der Waals surface area (Å²) in [4.78, 5) is 5.76. The maximum Gasteiger partial charge on any atom is 0.339 e. The van der Waals surface area contributed by atoms with E-state index >= 15 is 0 Å². The van der Waals surface area contributed by atoms with Gasteiger partial charge >= 0.3 is 6.85 Å². The number of hydrogen-bond donors (Lipinski definition) is 0. The Balaban J connectivity index is 1.26. The third-order valence-electron chi connectivity index (χ3n) is 16.8. The van der Waals surface area contributed by atoms with E-state index in [0.717, 1.165) is 0 Å². The minimum atomic E-state index is -0.0240. The average molecular weight is 827 g/mol. The Morgan fingerprint density at radius 2 is 1.23 bits per heavy atom. The van der Waals surface area contributed by atoms with Crippen LogP contribution >= 0.6 is 11.3 Å². The highest BCUT2D eigenvalue weighted by atomic mass is 32.1. The quantitative estimate of drug-likeness (QED) is 0.164. The third-order valence-corrected chi connectivity index (χ3v) is 18.0. The van der Waals surface area contributed by atoms with Gasteiger partial charge < -0.3 is 9.71 Å². The Morgan fingerprint density at radius 1 is 0.548 bits per heavy atom. The van der Waals surface area contributed by atoms with E-state index in [2.05, 4.69) is 205 Å². The molecule has 2 nitrogen and oxygen atoms in total. The number of benzene rings is 6. The van der Waals surface area contributed by atoms with Crippen LogP contribution in [0, 0.1) is 0 Å².